The number of nitrogens with one attached hydrogen (secondary N) is 1. The highest BCUT2D eigenvalue weighted by molar-refractivity contribution is 5.90. The van der Waals surface area contributed by atoms with E-state index in [0.717, 1.165) is 16.3 Å². The Hall–Kier alpha value is -3.41. The van der Waals surface area contributed by atoms with Crippen LogP contribution in [0.15, 0.2) is 66.7 Å². The van der Waals surface area contributed by atoms with Crippen LogP contribution in [0, 0.1) is 5.82 Å². The molecule has 32 heavy (non-hydrogen) atoms. The van der Waals surface area contributed by atoms with Crippen molar-refractivity contribution < 1.29 is 18.7 Å². The number of fused-ring (bicyclic) bond motifs is 1. The molecule has 3 aromatic carbocycles. The van der Waals surface area contributed by atoms with Gasteiger partial charge in [-0.2, -0.15) is 0 Å². The van der Waals surface area contributed by atoms with Crippen LogP contribution in [-0.4, -0.2) is 35.4 Å². The molecule has 0 saturated carbocycles. The molecule has 0 heterocycles. The van der Waals surface area contributed by atoms with E-state index in [0.29, 0.717) is 12.2 Å². The van der Waals surface area contributed by atoms with Gasteiger partial charge in [-0.25, -0.2) is 4.39 Å². The zero-order valence-corrected chi connectivity index (χ0v) is 18.7. The average Bonchev–Trinajstić information content (AvgIpc) is 2.78. The monoisotopic (exact) mass is 436 g/mol. The zero-order valence-electron chi connectivity index (χ0n) is 18.7. The van der Waals surface area contributed by atoms with Crippen molar-refractivity contribution in [3.05, 3.63) is 78.1 Å². The van der Waals surface area contributed by atoms with Gasteiger partial charge in [0, 0.05) is 18.0 Å². The first kappa shape index (κ1) is 23.3. The summed E-state index contributed by atoms with van der Waals surface area (Å²) in [6, 6.07) is 18.7. The van der Waals surface area contributed by atoms with Crippen LogP contribution in [0.25, 0.3) is 10.8 Å². The Kier molecular flexibility index (Phi) is 7.82. The van der Waals surface area contributed by atoms with E-state index in [2.05, 4.69) is 5.32 Å². The lowest BCUT2D eigenvalue weighted by atomic mass is 10.1. The summed E-state index contributed by atoms with van der Waals surface area (Å²) >= 11 is 0. The molecule has 168 valence electrons. The van der Waals surface area contributed by atoms with Crippen molar-refractivity contribution in [3.63, 3.8) is 0 Å². The summed E-state index contributed by atoms with van der Waals surface area (Å²) in [6.07, 6.45) is 0.444. The minimum Gasteiger partial charge on any atom is -0.483 e. The maximum Gasteiger partial charge on any atom is 0.261 e. The molecule has 0 aliphatic carbocycles. The number of rotatable bonds is 9. The minimum atomic E-state index is -0.661. The third-order valence-electron chi connectivity index (χ3n) is 5.18. The van der Waals surface area contributed by atoms with Crippen LogP contribution < -0.4 is 10.1 Å². The van der Waals surface area contributed by atoms with E-state index in [1.807, 2.05) is 63.2 Å². The van der Waals surface area contributed by atoms with Crippen molar-refractivity contribution in [1.82, 2.24) is 10.2 Å². The molecule has 6 heteroatoms. The van der Waals surface area contributed by atoms with E-state index in [4.69, 9.17) is 4.74 Å². The van der Waals surface area contributed by atoms with Crippen LogP contribution in [0.3, 0.4) is 0 Å². The maximum atomic E-state index is 13.4. The predicted octanol–water partition coefficient (Wildman–Crippen LogP) is 4.69. The summed E-state index contributed by atoms with van der Waals surface area (Å²) in [7, 11) is 0. The standard InChI is InChI=1S/C26H29FN2O3/c1-4-23(26(31)28-18(2)3)29(16-19-12-14-21(27)15-13-19)25(30)17-32-24-11-7-9-20-8-5-6-10-22(20)24/h5-15,18,23H,4,16-17H2,1-3H3,(H,28,31)/t23-/m0/s1. The highest BCUT2D eigenvalue weighted by atomic mass is 19.1. The van der Waals surface area contributed by atoms with Gasteiger partial charge >= 0.3 is 0 Å². The van der Waals surface area contributed by atoms with Gasteiger partial charge in [0.15, 0.2) is 6.61 Å². The summed E-state index contributed by atoms with van der Waals surface area (Å²) < 4.78 is 19.2. The number of carbonyl (C=O) groups is 2. The van der Waals surface area contributed by atoms with E-state index in [-0.39, 0.29) is 36.8 Å². The van der Waals surface area contributed by atoms with Gasteiger partial charge in [0.2, 0.25) is 5.91 Å². The number of ether oxygens (including phenoxy) is 1. The molecule has 2 amide bonds. The van der Waals surface area contributed by atoms with Crippen molar-refractivity contribution >= 4 is 22.6 Å². The fourth-order valence-electron chi connectivity index (χ4n) is 3.63. The van der Waals surface area contributed by atoms with Crippen molar-refractivity contribution in [2.24, 2.45) is 0 Å². The van der Waals surface area contributed by atoms with Gasteiger partial charge in [0.25, 0.3) is 5.91 Å². The van der Waals surface area contributed by atoms with Gasteiger partial charge in [0.1, 0.15) is 17.6 Å². The molecular weight excluding hydrogens is 407 g/mol. The molecule has 0 aliphatic rings. The maximum absolute atomic E-state index is 13.4. The van der Waals surface area contributed by atoms with E-state index in [9.17, 15) is 14.0 Å². The number of carbonyl (C=O) groups excluding carboxylic acids is 2. The third-order valence-corrected chi connectivity index (χ3v) is 5.18. The Morgan fingerprint density at radius 3 is 2.38 bits per heavy atom. The van der Waals surface area contributed by atoms with E-state index in [1.165, 1.54) is 17.0 Å². The molecule has 0 unspecified atom stereocenters. The molecule has 0 radical (unpaired) electrons. The number of benzene rings is 3. The Bertz CT molecular complexity index is 1060. The van der Waals surface area contributed by atoms with Gasteiger partial charge in [-0.05, 0) is 49.4 Å². The second kappa shape index (κ2) is 10.8. The minimum absolute atomic E-state index is 0.0498. The van der Waals surface area contributed by atoms with Crippen LogP contribution in [0.1, 0.15) is 32.8 Å². The first-order valence-electron chi connectivity index (χ1n) is 10.8. The molecule has 0 aliphatic heterocycles. The van der Waals surface area contributed by atoms with Gasteiger partial charge in [-0.1, -0.05) is 55.5 Å². The van der Waals surface area contributed by atoms with Crippen LogP contribution in [0.5, 0.6) is 5.75 Å². The highest BCUT2D eigenvalue weighted by Crippen LogP contribution is 2.25. The van der Waals surface area contributed by atoms with E-state index < -0.39 is 6.04 Å². The number of hydrogen-bond donors (Lipinski definition) is 1. The number of hydrogen-bond acceptors (Lipinski definition) is 3. The van der Waals surface area contributed by atoms with Crippen molar-refractivity contribution in [3.8, 4) is 5.75 Å². The Balaban J connectivity index is 1.82. The topological polar surface area (TPSA) is 58.6 Å². The van der Waals surface area contributed by atoms with E-state index in [1.54, 1.807) is 12.1 Å². The van der Waals surface area contributed by atoms with Crippen LogP contribution >= 0.6 is 0 Å². The fourth-order valence-corrected chi connectivity index (χ4v) is 3.63. The second-order valence-corrected chi connectivity index (χ2v) is 8.00. The molecular formula is C26H29FN2O3. The summed E-state index contributed by atoms with van der Waals surface area (Å²) in [4.78, 5) is 27.6. The van der Waals surface area contributed by atoms with Crippen LogP contribution in [0.4, 0.5) is 4.39 Å². The predicted molar refractivity (Wildman–Crippen MR) is 124 cm³/mol. The van der Waals surface area contributed by atoms with E-state index >= 15 is 0 Å². The first-order valence-corrected chi connectivity index (χ1v) is 10.8. The zero-order chi connectivity index (χ0) is 23.1. The molecule has 0 saturated heterocycles. The van der Waals surface area contributed by atoms with Gasteiger partial charge in [0.05, 0.1) is 0 Å². The molecule has 0 spiro atoms. The summed E-state index contributed by atoms with van der Waals surface area (Å²) in [6.45, 7) is 5.59. The Morgan fingerprint density at radius 1 is 1.00 bits per heavy atom. The second-order valence-electron chi connectivity index (χ2n) is 8.00. The summed E-state index contributed by atoms with van der Waals surface area (Å²) in [5.41, 5.74) is 0.737. The SMILES string of the molecule is CC[C@@H](C(=O)NC(C)C)N(Cc1ccc(F)cc1)C(=O)COc1cccc2ccccc12. The number of amides is 2. The molecule has 3 aromatic rings. The molecule has 0 bridgehead atoms. The summed E-state index contributed by atoms with van der Waals surface area (Å²) in [5, 5.41) is 4.82. The highest BCUT2D eigenvalue weighted by Gasteiger charge is 2.29. The first-order chi connectivity index (χ1) is 15.4. The van der Waals surface area contributed by atoms with Gasteiger partial charge < -0.3 is 15.0 Å². The lowest BCUT2D eigenvalue weighted by Crippen LogP contribution is -2.51. The molecule has 3 rings (SSSR count). The quantitative estimate of drug-likeness (QED) is 0.529. The summed E-state index contributed by atoms with van der Waals surface area (Å²) in [5.74, 6) is -0.274. The largest absolute Gasteiger partial charge is 0.483 e. The molecule has 0 aromatic heterocycles. The lowest BCUT2D eigenvalue weighted by molar-refractivity contribution is -0.143. The fraction of sp³-hybridized carbons (Fsp3) is 0.308. The molecule has 5 nitrogen and oxygen atoms in total. The van der Waals surface area contributed by atoms with Crippen molar-refractivity contribution in [1.29, 1.82) is 0 Å². The van der Waals surface area contributed by atoms with Gasteiger partial charge in [-0.3, -0.25) is 9.59 Å². The molecule has 1 N–H and O–H groups in total. The Morgan fingerprint density at radius 2 is 1.69 bits per heavy atom. The van der Waals surface area contributed by atoms with Crippen molar-refractivity contribution in [2.45, 2.75) is 45.8 Å². The van der Waals surface area contributed by atoms with Gasteiger partial charge in [-0.15, -0.1) is 0 Å². The lowest BCUT2D eigenvalue weighted by Gasteiger charge is -2.31. The average molecular weight is 437 g/mol. The normalized spacial score (nSPS) is 11.9. The molecule has 1 atom stereocenters. The third kappa shape index (κ3) is 5.84. The van der Waals surface area contributed by atoms with Crippen LogP contribution in [-0.2, 0) is 16.1 Å². The smallest absolute Gasteiger partial charge is 0.261 e. The number of nitrogens with zero attached hydrogens (tertiary/aromatic N) is 1. The van der Waals surface area contributed by atoms with Crippen LogP contribution in [0.2, 0.25) is 0 Å². The Labute approximate surface area is 188 Å². The number of halogens is 1. The molecule has 0 fully saturated rings. The van der Waals surface area contributed by atoms with Crippen molar-refractivity contribution in [2.75, 3.05) is 6.61 Å².